The second-order valence-corrected chi connectivity index (χ2v) is 4.74. The molecule has 0 bridgehead atoms. The second kappa shape index (κ2) is 7.05. The van der Waals surface area contributed by atoms with Crippen molar-refractivity contribution in [3.63, 3.8) is 0 Å². The molecule has 20 heavy (non-hydrogen) atoms. The Labute approximate surface area is 118 Å². The van der Waals surface area contributed by atoms with Gasteiger partial charge in [0.25, 0.3) is 5.91 Å². The number of hydrogen-bond donors (Lipinski definition) is 2. The highest BCUT2D eigenvalue weighted by molar-refractivity contribution is 7.99. The van der Waals surface area contributed by atoms with Crippen LogP contribution in [0.25, 0.3) is 0 Å². The Hall–Kier alpha value is -1.88. The van der Waals surface area contributed by atoms with Crippen LogP contribution in [0.15, 0.2) is 12.1 Å². The summed E-state index contributed by atoms with van der Waals surface area (Å²) in [6, 6.07) is 1.73. The van der Waals surface area contributed by atoms with Crippen molar-refractivity contribution in [2.45, 2.75) is 6.18 Å². The van der Waals surface area contributed by atoms with Crippen LogP contribution in [0.3, 0.4) is 0 Å². The fraction of sp³-hybridized carbons (Fsp3) is 0.333. The fourth-order valence-corrected chi connectivity index (χ4v) is 1.83. The van der Waals surface area contributed by atoms with E-state index in [-0.39, 0.29) is 11.4 Å². The maximum atomic E-state index is 12.6. The van der Waals surface area contributed by atoms with Crippen LogP contribution in [0.4, 0.5) is 19.0 Å². The number of nitrogens with one attached hydrogen (secondary N) is 1. The van der Waals surface area contributed by atoms with E-state index in [9.17, 15) is 18.0 Å². The summed E-state index contributed by atoms with van der Waals surface area (Å²) in [6.07, 6.45) is 0.485. The first-order valence-electron chi connectivity index (χ1n) is 5.49. The van der Waals surface area contributed by atoms with Gasteiger partial charge in [-0.25, -0.2) is 4.98 Å². The van der Waals surface area contributed by atoms with Gasteiger partial charge in [0.05, 0.1) is 11.3 Å². The van der Waals surface area contributed by atoms with Gasteiger partial charge in [-0.2, -0.15) is 13.2 Å². The maximum Gasteiger partial charge on any atom is 0.433 e. The highest BCUT2D eigenvalue weighted by Gasteiger charge is 2.33. The molecule has 0 aliphatic rings. The number of carbonyl (C=O) groups is 1. The van der Waals surface area contributed by atoms with Gasteiger partial charge in [-0.15, -0.1) is 18.2 Å². The number of anilines is 1. The van der Waals surface area contributed by atoms with Crippen molar-refractivity contribution in [1.29, 1.82) is 0 Å². The highest BCUT2D eigenvalue weighted by atomic mass is 32.2. The van der Waals surface area contributed by atoms with Gasteiger partial charge >= 0.3 is 6.18 Å². The summed E-state index contributed by atoms with van der Waals surface area (Å²) in [5.74, 6) is 2.48. The summed E-state index contributed by atoms with van der Waals surface area (Å²) < 4.78 is 37.7. The number of terminal acetylenes is 1. The van der Waals surface area contributed by atoms with Crippen LogP contribution in [0.1, 0.15) is 16.1 Å². The van der Waals surface area contributed by atoms with Crippen molar-refractivity contribution in [1.82, 2.24) is 4.98 Å². The quantitative estimate of drug-likeness (QED) is 0.623. The molecule has 1 aromatic rings. The van der Waals surface area contributed by atoms with Crippen molar-refractivity contribution in [3.8, 4) is 12.3 Å². The first-order valence-corrected chi connectivity index (χ1v) is 6.65. The molecule has 1 heterocycles. The Balaban J connectivity index is 2.85. The minimum absolute atomic E-state index is 0.0834. The topological polar surface area (TPSA) is 68.0 Å². The Bertz CT molecular complexity index is 526. The molecule has 1 amide bonds. The number of nitrogens with zero attached hydrogens (tertiary/aromatic N) is 1. The van der Waals surface area contributed by atoms with E-state index in [1.54, 1.807) is 0 Å². The summed E-state index contributed by atoms with van der Waals surface area (Å²) >= 11 is 1.43. The molecule has 0 aliphatic carbocycles. The normalized spacial score (nSPS) is 10.9. The lowest BCUT2D eigenvalue weighted by Gasteiger charge is -2.12. The first kappa shape index (κ1) is 16.2. The summed E-state index contributed by atoms with van der Waals surface area (Å²) in [4.78, 5) is 14.5. The lowest BCUT2D eigenvalue weighted by atomic mass is 10.2. The van der Waals surface area contributed by atoms with E-state index in [2.05, 4.69) is 16.2 Å². The maximum absolute atomic E-state index is 12.6. The summed E-state index contributed by atoms with van der Waals surface area (Å²) in [6.45, 7) is 0.320. The number of halogens is 3. The second-order valence-electron chi connectivity index (χ2n) is 3.64. The number of carbonyl (C=O) groups excluding carboxylic acids is 1. The fourth-order valence-electron chi connectivity index (χ4n) is 1.32. The number of pyridine rings is 1. The van der Waals surface area contributed by atoms with Gasteiger partial charge in [-0.1, -0.05) is 5.92 Å². The monoisotopic (exact) mass is 303 g/mol. The van der Waals surface area contributed by atoms with Crippen molar-refractivity contribution in [3.05, 3.63) is 23.4 Å². The molecular formula is C12H12F3N3OS. The third-order valence-electron chi connectivity index (χ3n) is 2.18. The molecule has 0 radical (unpaired) electrons. The molecule has 0 spiro atoms. The van der Waals surface area contributed by atoms with E-state index in [1.807, 2.05) is 0 Å². The zero-order valence-corrected chi connectivity index (χ0v) is 11.1. The molecule has 0 saturated heterocycles. The Morgan fingerprint density at radius 2 is 2.20 bits per heavy atom. The number of rotatable bonds is 6. The summed E-state index contributed by atoms with van der Waals surface area (Å²) in [7, 11) is 0. The summed E-state index contributed by atoms with van der Waals surface area (Å²) in [5, 5.41) is 2.66. The van der Waals surface area contributed by atoms with Gasteiger partial charge in [0.15, 0.2) is 0 Å². The van der Waals surface area contributed by atoms with Crippen molar-refractivity contribution < 1.29 is 18.0 Å². The van der Waals surface area contributed by atoms with Crippen LogP contribution in [0, 0.1) is 12.3 Å². The van der Waals surface area contributed by atoms with Gasteiger partial charge < -0.3 is 11.1 Å². The van der Waals surface area contributed by atoms with E-state index in [0.29, 0.717) is 18.1 Å². The van der Waals surface area contributed by atoms with E-state index in [4.69, 9.17) is 12.2 Å². The number of hydrogen-bond acceptors (Lipinski definition) is 4. The molecule has 4 nitrogen and oxygen atoms in total. The smallest absolute Gasteiger partial charge is 0.369 e. The molecule has 8 heteroatoms. The predicted molar refractivity (Wildman–Crippen MR) is 72.4 cm³/mol. The van der Waals surface area contributed by atoms with E-state index < -0.39 is 17.8 Å². The van der Waals surface area contributed by atoms with Gasteiger partial charge in [-0.05, 0) is 12.1 Å². The minimum atomic E-state index is -4.58. The standard InChI is InChI=1S/C12H12F3N3OS/c1-2-6-20-7-5-17-11-8(10(16)19)3-4-9(18-11)12(13,14)15/h1,3-4H,5-7H2,(H2,16,19)(H,17,18). The van der Waals surface area contributed by atoms with Crippen LogP contribution in [0.5, 0.6) is 0 Å². The molecular weight excluding hydrogens is 291 g/mol. The van der Waals surface area contributed by atoms with E-state index in [0.717, 1.165) is 12.1 Å². The average Bonchev–Trinajstić information content (AvgIpc) is 2.37. The van der Waals surface area contributed by atoms with Crippen molar-refractivity contribution in [2.75, 3.05) is 23.4 Å². The van der Waals surface area contributed by atoms with Gasteiger partial charge in [0.1, 0.15) is 11.5 Å². The third kappa shape index (κ3) is 4.66. The van der Waals surface area contributed by atoms with Gasteiger partial charge in [0.2, 0.25) is 0 Å². The first-order chi connectivity index (χ1) is 9.36. The van der Waals surface area contributed by atoms with E-state index in [1.165, 1.54) is 11.8 Å². The molecule has 0 fully saturated rings. The molecule has 1 rings (SSSR count). The molecule has 1 aromatic heterocycles. The number of alkyl halides is 3. The molecule has 3 N–H and O–H groups in total. The lowest BCUT2D eigenvalue weighted by Crippen LogP contribution is -2.19. The largest absolute Gasteiger partial charge is 0.433 e. The number of aromatic nitrogens is 1. The van der Waals surface area contributed by atoms with Gasteiger partial charge in [-0.3, -0.25) is 4.79 Å². The molecule has 0 aromatic carbocycles. The lowest BCUT2D eigenvalue weighted by molar-refractivity contribution is -0.141. The van der Waals surface area contributed by atoms with E-state index >= 15 is 0 Å². The highest BCUT2D eigenvalue weighted by Crippen LogP contribution is 2.29. The van der Waals surface area contributed by atoms with Crippen molar-refractivity contribution in [2.24, 2.45) is 5.73 Å². The van der Waals surface area contributed by atoms with Crippen LogP contribution in [-0.2, 0) is 6.18 Å². The van der Waals surface area contributed by atoms with Gasteiger partial charge in [0, 0.05) is 12.3 Å². The number of thioether (sulfide) groups is 1. The molecule has 0 aliphatic heterocycles. The summed E-state index contributed by atoms with van der Waals surface area (Å²) in [5.41, 5.74) is 3.93. The number of primary amides is 1. The van der Waals surface area contributed by atoms with Crippen LogP contribution in [0.2, 0.25) is 0 Å². The Morgan fingerprint density at radius 3 is 2.75 bits per heavy atom. The molecule has 0 unspecified atom stereocenters. The van der Waals surface area contributed by atoms with Crippen LogP contribution >= 0.6 is 11.8 Å². The Morgan fingerprint density at radius 1 is 1.50 bits per heavy atom. The minimum Gasteiger partial charge on any atom is -0.369 e. The third-order valence-corrected chi connectivity index (χ3v) is 3.04. The predicted octanol–water partition coefficient (Wildman–Crippen LogP) is 1.98. The molecule has 108 valence electrons. The van der Waals surface area contributed by atoms with Crippen molar-refractivity contribution >= 4 is 23.5 Å². The molecule has 0 atom stereocenters. The SMILES string of the molecule is C#CCSCCNc1nc(C(F)(F)F)ccc1C(N)=O. The zero-order chi connectivity index (χ0) is 15.2. The Kier molecular flexibility index (Phi) is 5.70. The molecule has 0 saturated carbocycles. The average molecular weight is 303 g/mol. The number of nitrogens with two attached hydrogens (primary N) is 1. The van der Waals surface area contributed by atoms with Crippen LogP contribution < -0.4 is 11.1 Å². The number of amides is 1. The van der Waals surface area contributed by atoms with Crippen LogP contribution in [-0.4, -0.2) is 28.9 Å². The zero-order valence-electron chi connectivity index (χ0n) is 10.3.